The minimum atomic E-state index is 1.04. The number of H-pyrrole nitrogens is 1. The number of hydrogen-bond acceptors (Lipinski definition) is 0. The van der Waals surface area contributed by atoms with Crippen molar-refractivity contribution in [3.63, 3.8) is 0 Å². The standard InChI is InChI=1S/C55H34N2/c1-2-16-37(17-3-1)50-43-20-8-10-22-45(43)51(46-23-11-9-21-44(46)50)42-30-31-49-56-54-52(40-28-26-35-14-4-6-18-38(35)32-40)47-24-12-13-25-48(47)53(55(54)57(49)34-42)41-29-27-36-15-5-7-19-39(36)33-41/h1-34H/p+1. The molecule has 0 radical (unpaired) electrons. The molecule has 1 N–H and O–H groups in total. The van der Waals surface area contributed by atoms with Gasteiger partial charge in [0.2, 0.25) is 0 Å². The van der Waals surface area contributed by atoms with Crippen LogP contribution in [-0.2, 0) is 0 Å². The van der Waals surface area contributed by atoms with Gasteiger partial charge in [-0.3, -0.25) is 0 Å². The van der Waals surface area contributed by atoms with Gasteiger partial charge in [-0.1, -0.05) is 176 Å². The Bertz CT molecular complexity index is 3520. The van der Waals surface area contributed by atoms with E-state index >= 15 is 0 Å². The molecule has 0 spiro atoms. The predicted octanol–water partition coefficient (Wildman–Crippen LogP) is 14.3. The van der Waals surface area contributed by atoms with E-state index < -0.39 is 0 Å². The molecular formula is C55H35N2+. The highest BCUT2D eigenvalue weighted by molar-refractivity contribution is 6.22. The summed E-state index contributed by atoms with van der Waals surface area (Å²) in [7, 11) is 0. The van der Waals surface area contributed by atoms with Crippen LogP contribution in [0.1, 0.15) is 0 Å². The van der Waals surface area contributed by atoms with Gasteiger partial charge in [0.15, 0.2) is 11.0 Å². The fraction of sp³-hybridized carbons (Fsp3) is 0. The van der Waals surface area contributed by atoms with Crippen molar-refractivity contribution in [2.24, 2.45) is 0 Å². The number of benzene rings is 10. The van der Waals surface area contributed by atoms with E-state index in [1.54, 1.807) is 0 Å². The maximum atomic E-state index is 3.98. The molecule has 0 atom stereocenters. The SMILES string of the molecule is c1ccc(-c2c3ccccc3c(-c3ccc4[nH]c5c(-c6ccc7ccccc7c6)c6ccccc6c(-c6ccc7ccccc7c6)c5[n+]4c3)c3ccccc23)cc1. The van der Waals surface area contributed by atoms with Crippen molar-refractivity contribution in [3.8, 4) is 44.5 Å². The first-order chi connectivity index (χ1) is 28.3. The molecule has 0 aliphatic carbocycles. The maximum absolute atomic E-state index is 3.98. The van der Waals surface area contributed by atoms with Gasteiger partial charge >= 0.3 is 0 Å². The average Bonchev–Trinajstić information content (AvgIpc) is 3.65. The molecule has 0 saturated carbocycles. The van der Waals surface area contributed by atoms with Gasteiger partial charge in [-0.05, 0) is 94.3 Å². The Labute approximate surface area is 329 Å². The summed E-state index contributed by atoms with van der Waals surface area (Å²) in [6.45, 7) is 0. The fourth-order valence-corrected chi connectivity index (χ4v) is 9.49. The number of aromatic nitrogens is 2. The summed E-state index contributed by atoms with van der Waals surface area (Å²) in [5, 5.41) is 12.4. The zero-order valence-electron chi connectivity index (χ0n) is 31.1. The van der Waals surface area contributed by atoms with Crippen LogP contribution in [0.4, 0.5) is 0 Å². The van der Waals surface area contributed by atoms with Crippen molar-refractivity contribution in [2.75, 3.05) is 0 Å². The second kappa shape index (κ2) is 12.5. The molecule has 12 rings (SSSR count). The Hall–Kier alpha value is -7.55. The fourth-order valence-electron chi connectivity index (χ4n) is 9.49. The molecule has 2 heterocycles. The van der Waals surface area contributed by atoms with Gasteiger partial charge in [-0.25, -0.2) is 4.98 Å². The van der Waals surface area contributed by atoms with Crippen LogP contribution < -0.4 is 4.40 Å². The van der Waals surface area contributed by atoms with E-state index in [0.717, 1.165) is 11.2 Å². The molecule has 57 heavy (non-hydrogen) atoms. The third kappa shape index (κ3) is 4.87. The lowest BCUT2D eigenvalue weighted by Crippen LogP contribution is -2.20. The molecule has 0 amide bonds. The molecule has 0 unspecified atom stereocenters. The third-order valence-electron chi connectivity index (χ3n) is 12.0. The summed E-state index contributed by atoms with van der Waals surface area (Å²) in [4.78, 5) is 3.98. The van der Waals surface area contributed by atoms with E-state index in [1.165, 1.54) is 104 Å². The predicted molar refractivity (Wildman–Crippen MR) is 241 cm³/mol. The molecule has 12 aromatic rings. The second-order valence-electron chi connectivity index (χ2n) is 15.1. The smallest absolute Gasteiger partial charge is 0.236 e. The Balaban J connectivity index is 1.22. The van der Waals surface area contributed by atoms with Crippen LogP contribution in [0.15, 0.2) is 206 Å². The van der Waals surface area contributed by atoms with Gasteiger partial charge in [0.1, 0.15) is 6.20 Å². The molecule has 10 aromatic carbocycles. The quantitative estimate of drug-likeness (QED) is 0.138. The van der Waals surface area contributed by atoms with E-state index in [2.05, 4.69) is 216 Å². The Kier molecular flexibility index (Phi) is 6.96. The minimum absolute atomic E-state index is 1.04. The van der Waals surface area contributed by atoms with Crippen LogP contribution in [-0.4, -0.2) is 4.98 Å². The lowest BCUT2D eigenvalue weighted by molar-refractivity contribution is -0.479. The van der Waals surface area contributed by atoms with Gasteiger partial charge in [-0.15, -0.1) is 0 Å². The number of rotatable bonds is 4. The molecule has 2 aromatic heterocycles. The van der Waals surface area contributed by atoms with Crippen LogP contribution in [0.3, 0.4) is 0 Å². The first-order valence-corrected chi connectivity index (χ1v) is 19.7. The molecule has 264 valence electrons. The second-order valence-corrected chi connectivity index (χ2v) is 15.1. The molecule has 2 nitrogen and oxygen atoms in total. The van der Waals surface area contributed by atoms with Crippen LogP contribution in [0, 0.1) is 0 Å². The van der Waals surface area contributed by atoms with Crippen LogP contribution in [0.25, 0.3) is 115 Å². The molecule has 0 bridgehead atoms. The average molecular weight is 724 g/mol. The monoisotopic (exact) mass is 723 g/mol. The van der Waals surface area contributed by atoms with E-state index in [9.17, 15) is 0 Å². The minimum Gasteiger partial charge on any atom is -0.236 e. The van der Waals surface area contributed by atoms with E-state index in [0.29, 0.717) is 0 Å². The third-order valence-corrected chi connectivity index (χ3v) is 12.0. The number of aromatic amines is 1. The van der Waals surface area contributed by atoms with Gasteiger partial charge in [0.05, 0.1) is 0 Å². The van der Waals surface area contributed by atoms with Gasteiger partial charge < -0.3 is 0 Å². The topological polar surface area (TPSA) is 19.9 Å². The highest BCUT2D eigenvalue weighted by Gasteiger charge is 2.27. The zero-order chi connectivity index (χ0) is 37.5. The summed E-state index contributed by atoms with van der Waals surface area (Å²) in [5.41, 5.74) is 13.1. The van der Waals surface area contributed by atoms with Crippen molar-refractivity contribution in [3.05, 3.63) is 206 Å². The van der Waals surface area contributed by atoms with Crippen LogP contribution >= 0.6 is 0 Å². The lowest BCUT2D eigenvalue weighted by Gasteiger charge is -2.17. The lowest BCUT2D eigenvalue weighted by atomic mass is 9.86. The van der Waals surface area contributed by atoms with Crippen molar-refractivity contribution >= 4 is 70.5 Å². The maximum Gasteiger partial charge on any atom is 0.284 e. The molecular weight excluding hydrogens is 689 g/mol. The zero-order valence-corrected chi connectivity index (χ0v) is 31.1. The number of imidazole rings is 1. The van der Waals surface area contributed by atoms with E-state index in [4.69, 9.17) is 0 Å². The number of pyridine rings is 1. The van der Waals surface area contributed by atoms with E-state index in [-0.39, 0.29) is 0 Å². The van der Waals surface area contributed by atoms with Crippen molar-refractivity contribution in [1.29, 1.82) is 0 Å². The Morgan fingerprint density at radius 1 is 0.298 bits per heavy atom. The Morgan fingerprint density at radius 2 is 0.719 bits per heavy atom. The van der Waals surface area contributed by atoms with Crippen molar-refractivity contribution in [1.82, 2.24) is 4.98 Å². The Morgan fingerprint density at radius 3 is 1.28 bits per heavy atom. The summed E-state index contributed by atoms with van der Waals surface area (Å²) >= 11 is 0. The first kappa shape index (κ1) is 31.8. The van der Waals surface area contributed by atoms with Gasteiger partial charge in [0, 0.05) is 28.3 Å². The highest BCUT2D eigenvalue weighted by Crippen LogP contribution is 2.46. The largest absolute Gasteiger partial charge is 0.284 e. The summed E-state index contributed by atoms with van der Waals surface area (Å²) < 4.78 is 2.42. The van der Waals surface area contributed by atoms with Gasteiger partial charge in [-0.2, -0.15) is 4.40 Å². The van der Waals surface area contributed by atoms with Crippen LogP contribution in [0.5, 0.6) is 0 Å². The normalized spacial score (nSPS) is 11.9. The number of nitrogens with zero attached hydrogens (tertiary/aromatic N) is 1. The van der Waals surface area contributed by atoms with Crippen molar-refractivity contribution in [2.45, 2.75) is 0 Å². The first-order valence-electron chi connectivity index (χ1n) is 19.7. The molecule has 0 fully saturated rings. The van der Waals surface area contributed by atoms with Gasteiger partial charge in [0.25, 0.3) is 5.65 Å². The van der Waals surface area contributed by atoms with Crippen LogP contribution in [0.2, 0.25) is 0 Å². The molecule has 0 aliphatic heterocycles. The number of nitrogens with one attached hydrogen (secondary N) is 1. The number of hydrogen-bond donors (Lipinski definition) is 1. The van der Waals surface area contributed by atoms with Crippen molar-refractivity contribution < 1.29 is 4.40 Å². The summed E-state index contributed by atoms with van der Waals surface area (Å²) in [6, 6.07) is 73.3. The molecule has 0 aliphatic rings. The van der Waals surface area contributed by atoms with E-state index in [1.807, 2.05) is 0 Å². The number of fused-ring (bicyclic) bond motifs is 8. The molecule has 0 saturated heterocycles. The summed E-state index contributed by atoms with van der Waals surface area (Å²) in [6.07, 6.45) is 2.37. The highest BCUT2D eigenvalue weighted by atomic mass is 15.0. The molecule has 2 heteroatoms. The summed E-state index contributed by atoms with van der Waals surface area (Å²) in [5.74, 6) is 0.